The van der Waals surface area contributed by atoms with Gasteiger partial charge >= 0.3 is 5.97 Å². The quantitative estimate of drug-likeness (QED) is 0.723. The van der Waals surface area contributed by atoms with Crippen molar-refractivity contribution in [1.82, 2.24) is 10.2 Å². The summed E-state index contributed by atoms with van der Waals surface area (Å²) in [6, 6.07) is 0.372. The second-order valence-corrected chi connectivity index (χ2v) is 6.12. The minimum absolute atomic E-state index is 0.142. The molecule has 0 spiro atoms. The van der Waals surface area contributed by atoms with Crippen LogP contribution in [0.15, 0.2) is 0 Å². The van der Waals surface area contributed by atoms with Gasteiger partial charge in [0.25, 0.3) is 0 Å². The number of hydrogen-bond acceptors (Lipinski definition) is 5. The molecule has 2 rings (SSSR count). The number of ether oxygens (including phenoxy) is 2. The van der Waals surface area contributed by atoms with Gasteiger partial charge in [0.05, 0.1) is 19.8 Å². The zero-order valence-electron chi connectivity index (χ0n) is 13.5. The van der Waals surface area contributed by atoms with Crippen molar-refractivity contribution in [1.29, 1.82) is 0 Å². The molecular weight excluding hydrogens is 268 g/mol. The number of rotatable bonds is 7. The highest BCUT2D eigenvalue weighted by Gasteiger charge is 2.34. The lowest BCUT2D eigenvalue weighted by molar-refractivity contribution is -0.143. The van der Waals surface area contributed by atoms with E-state index in [2.05, 4.69) is 17.1 Å². The van der Waals surface area contributed by atoms with Crippen LogP contribution in [0, 0.1) is 0 Å². The highest BCUT2D eigenvalue weighted by Crippen LogP contribution is 2.28. The highest BCUT2D eigenvalue weighted by atomic mass is 16.5. The average Bonchev–Trinajstić information content (AvgIpc) is 2.54. The molecule has 0 aromatic rings. The number of methoxy groups -OCH3 is 1. The minimum atomic E-state index is -0.181. The van der Waals surface area contributed by atoms with Crippen molar-refractivity contribution >= 4 is 5.97 Å². The van der Waals surface area contributed by atoms with Crippen molar-refractivity contribution in [2.75, 3.05) is 33.4 Å². The molecule has 1 N–H and O–H groups in total. The van der Waals surface area contributed by atoms with Gasteiger partial charge in [-0.15, -0.1) is 0 Å². The predicted octanol–water partition coefficient (Wildman–Crippen LogP) is 1.56. The molecule has 2 aliphatic rings. The molecule has 3 unspecified atom stereocenters. The molecule has 1 saturated heterocycles. The Bertz CT molecular complexity index is 323. The van der Waals surface area contributed by atoms with Crippen molar-refractivity contribution < 1.29 is 14.3 Å². The summed E-state index contributed by atoms with van der Waals surface area (Å²) in [5.74, 6) is -0.142. The molecule has 5 nitrogen and oxygen atoms in total. The summed E-state index contributed by atoms with van der Waals surface area (Å²) in [6.45, 7) is 5.72. The number of morpholine rings is 1. The summed E-state index contributed by atoms with van der Waals surface area (Å²) in [4.78, 5) is 14.4. The van der Waals surface area contributed by atoms with E-state index in [0.717, 1.165) is 39.1 Å². The molecule has 1 heterocycles. The molecule has 0 aromatic heterocycles. The zero-order chi connectivity index (χ0) is 15.1. The Morgan fingerprint density at radius 3 is 3.00 bits per heavy atom. The summed E-state index contributed by atoms with van der Waals surface area (Å²) < 4.78 is 10.8. The van der Waals surface area contributed by atoms with Crippen LogP contribution in [0.4, 0.5) is 0 Å². The van der Waals surface area contributed by atoms with Crippen LogP contribution in [0.5, 0.6) is 0 Å². The van der Waals surface area contributed by atoms with Crippen LogP contribution in [0.25, 0.3) is 0 Å². The molecule has 5 heteroatoms. The summed E-state index contributed by atoms with van der Waals surface area (Å²) in [7, 11) is 1.47. The second-order valence-electron chi connectivity index (χ2n) is 6.12. The van der Waals surface area contributed by atoms with E-state index in [1.807, 2.05) is 0 Å². The molecule has 1 aliphatic heterocycles. The van der Waals surface area contributed by atoms with Gasteiger partial charge in [0, 0.05) is 19.1 Å². The molecule has 1 aliphatic carbocycles. The van der Waals surface area contributed by atoms with E-state index in [9.17, 15) is 4.79 Å². The number of fused-ring (bicyclic) bond motifs is 1. The van der Waals surface area contributed by atoms with Crippen molar-refractivity contribution in [2.45, 2.75) is 63.6 Å². The maximum Gasteiger partial charge on any atom is 0.322 e. The van der Waals surface area contributed by atoms with Crippen LogP contribution in [-0.4, -0.2) is 62.4 Å². The van der Waals surface area contributed by atoms with Crippen LogP contribution in [0.1, 0.15) is 45.4 Å². The van der Waals surface area contributed by atoms with E-state index in [-0.39, 0.29) is 12.0 Å². The van der Waals surface area contributed by atoms with Crippen molar-refractivity contribution in [3.05, 3.63) is 0 Å². The molecule has 21 heavy (non-hydrogen) atoms. The SMILES string of the molecule is CCCNC(CCN1CCOC2CCCCC21)C(=O)OC. The van der Waals surface area contributed by atoms with Crippen LogP contribution >= 0.6 is 0 Å². The number of nitrogens with zero attached hydrogens (tertiary/aromatic N) is 1. The van der Waals surface area contributed by atoms with Crippen molar-refractivity contribution in [3.8, 4) is 0 Å². The van der Waals surface area contributed by atoms with E-state index >= 15 is 0 Å². The number of esters is 1. The molecule has 0 aromatic carbocycles. The second kappa shape index (κ2) is 8.71. The van der Waals surface area contributed by atoms with Gasteiger partial charge in [-0.2, -0.15) is 0 Å². The minimum Gasteiger partial charge on any atom is -0.468 e. The number of hydrogen-bond donors (Lipinski definition) is 1. The molecule has 0 amide bonds. The van der Waals surface area contributed by atoms with E-state index in [4.69, 9.17) is 9.47 Å². The van der Waals surface area contributed by atoms with Gasteiger partial charge in [0.1, 0.15) is 6.04 Å². The maximum absolute atomic E-state index is 11.8. The van der Waals surface area contributed by atoms with E-state index in [0.29, 0.717) is 12.1 Å². The molecule has 0 bridgehead atoms. The van der Waals surface area contributed by atoms with E-state index < -0.39 is 0 Å². The third-order valence-corrected chi connectivity index (χ3v) is 4.68. The Kier molecular flexibility index (Phi) is 6.93. The summed E-state index contributed by atoms with van der Waals surface area (Å²) >= 11 is 0. The summed E-state index contributed by atoms with van der Waals surface area (Å²) in [6.07, 6.45) is 7.26. The van der Waals surface area contributed by atoms with E-state index in [1.54, 1.807) is 0 Å². The first-order valence-electron chi connectivity index (χ1n) is 8.43. The Morgan fingerprint density at radius 1 is 1.43 bits per heavy atom. The van der Waals surface area contributed by atoms with Gasteiger partial charge in [-0.1, -0.05) is 19.8 Å². The Hall–Kier alpha value is -0.650. The van der Waals surface area contributed by atoms with Crippen molar-refractivity contribution in [2.24, 2.45) is 0 Å². The third kappa shape index (κ3) is 4.66. The first kappa shape index (κ1) is 16.7. The lowest BCUT2D eigenvalue weighted by Gasteiger charge is -2.44. The Morgan fingerprint density at radius 2 is 2.24 bits per heavy atom. The topological polar surface area (TPSA) is 50.8 Å². The fourth-order valence-corrected chi connectivity index (χ4v) is 3.51. The van der Waals surface area contributed by atoms with Crippen LogP contribution in [-0.2, 0) is 14.3 Å². The van der Waals surface area contributed by atoms with Crippen LogP contribution in [0.3, 0.4) is 0 Å². The standard InChI is InChI=1S/C16H30N2O3/c1-3-9-17-13(16(19)20-2)8-10-18-11-12-21-15-7-5-4-6-14(15)18/h13-15,17H,3-12H2,1-2H3. The fraction of sp³-hybridized carbons (Fsp3) is 0.938. The number of carbonyl (C=O) groups excluding carboxylic acids is 1. The van der Waals surface area contributed by atoms with Gasteiger partial charge in [-0.05, 0) is 32.2 Å². The third-order valence-electron chi connectivity index (χ3n) is 4.68. The average molecular weight is 298 g/mol. The lowest BCUT2D eigenvalue weighted by atomic mass is 9.90. The zero-order valence-corrected chi connectivity index (χ0v) is 13.5. The molecule has 2 fully saturated rings. The predicted molar refractivity (Wildman–Crippen MR) is 82.3 cm³/mol. The first-order valence-corrected chi connectivity index (χ1v) is 8.43. The molecule has 1 saturated carbocycles. The number of carbonyl (C=O) groups is 1. The maximum atomic E-state index is 11.8. The first-order chi connectivity index (χ1) is 10.3. The molecule has 122 valence electrons. The smallest absolute Gasteiger partial charge is 0.322 e. The van der Waals surface area contributed by atoms with Gasteiger partial charge in [0.15, 0.2) is 0 Å². The van der Waals surface area contributed by atoms with E-state index in [1.165, 1.54) is 32.8 Å². The molecule has 3 atom stereocenters. The van der Waals surface area contributed by atoms with Gasteiger partial charge in [-0.25, -0.2) is 0 Å². The fourth-order valence-electron chi connectivity index (χ4n) is 3.51. The summed E-state index contributed by atoms with van der Waals surface area (Å²) in [5, 5.41) is 3.30. The Balaban J connectivity index is 1.84. The highest BCUT2D eigenvalue weighted by molar-refractivity contribution is 5.75. The normalized spacial score (nSPS) is 27.9. The lowest BCUT2D eigenvalue weighted by Crippen LogP contribution is -2.53. The molecular formula is C16H30N2O3. The van der Waals surface area contributed by atoms with Crippen molar-refractivity contribution in [3.63, 3.8) is 0 Å². The largest absolute Gasteiger partial charge is 0.468 e. The monoisotopic (exact) mass is 298 g/mol. The van der Waals surface area contributed by atoms with Gasteiger partial charge in [0.2, 0.25) is 0 Å². The molecule has 0 radical (unpaired) electrons. The number of nitrogens with one attached hydrogen (secondary N) is 1. The Labute approximate surface area is 128 Å². The summed E-state index contributed by atoms with van der Waals surface area (Å²) in [5.41, 5.74) is 0. The van der Waals surface area contributed by atoms with Gasteiger partial charge in [-0.3, -0.25) is 9.69 Å². The van der Waals surface area contributed by atoms with Crippen LogP contribution < -0.4 is 5.32 Å². The van der Waals surface area contributed by atoms with Crippen LogP contribution in [0.2, 0.25) is 0 Å². The van der Waals surface area contributed by atoms with Gasteiger partial charge < -0.3 is 14.8 Å².